The number of amides is 1. The molecule has 0 radical (unpaired) electrons. The molecule has 1 aliphatic carbocycles. The van der Waals surface area contributed by atoms with Crippen molar-refractivity contribution in [3.8, 4) is 11.1 Å². The zero-order valence-electron chi connectivity index (χ0n) is 17.1. The molecule has 5 nitrogen and oxygen atoms in total. The second-order valence-corrected chi connectivity index (χ2v) is 10.2. The van der Waals surface area contributed by atoms with Gasteiger partial charge in [-0.1, -0.05) is 54.6 Å². The molecular weight excluding hydrogens is 403 g/mol. The van der Waals surface area contributed by atoms with Gasteiger partial charge in [0.25, 0.3) is 5.91 Å². The molecular formula is C23H27FN2O3S. The molecule has 1 heterocycles. The molecule has 2 aliphatic rings. The molecule has 30 heavy (non-hydrogen) atoms. The summed E-state index contributed by atoms with van der Waals surface area (Å²) in [4.78, 5) is 14.4. The van der Waals surface area contributed by atoms with Gasteiger partial charge < -0.3 is 4.90 Å². The number of carbonyl (C=O) groups is 1. The van der Waals surface area contributed by atoms with Crippen molar-refractivity contribution in [2.45, 2.75) is 49.9 Å². The maximum absolute atomic E-state index is 14.6. The van der Waals surface area contributed by atoms with Crippen molar-refractivity contribution < 1.29 is 17.6 Å². The van der Waals surface area contributed by atoms with Crippen molar-refractivity contribution >= 4 is 15.9 Å². The summed E-state index contributed by atoms with van der Waals surface area (Å²) in [7, 11) is -3.45. The van der Waals surface area contributed by atoms with Gasteiger partial charge in [0.1, 0.15) is 0 Å². The second-order valence-electron chi connectivity index (χ2n) is 8.44. The minimum atomic E-state index is -3.45. The third-order valence-corrected chi connectivity index (χ3v) is 6.69. The van der Waals surface area contributed by atoms with E-state index in [2.05, 4.69) is 10.8 Å². The molecule has 2 atom stereocenters. The first-order valence-corrected chi connectivity index (χ1v) is 12.3. The van der Waals surface area contributed by atoms with E-state index in [4.69, 9.17) is 0 Å². The van der Waals surface area contributed by atoms with E-state index in [-0.39, 0.29) is 12.8 Å². The summed E-state index contributed by atoms with van der Waals surface area (Å²) in [5, 5.41) is 0. The topological polar surface area (TPSA) is 66.5 Å². The zero-order valence-corrected chi connectivity index (χ0v) is 17.9. The summed E-state index contributed by atoms with van der Waals surface area (Å²) in [5.74, 6) is -0.494. The third kappa shape index (κ3) is 4.73. The van der Waals surface area contributed by atoms with Crippen molar-refractivity contribution in [1.82, 2.24) is 9.62 Å². The normalized spacial score (nSPS) is 23.2. The van der Waals surface area contributed by atoms with Gasteiger partial charge >= 0.3 is 0 Å². The van der Waals surface area contributed by atoms with Gasteiger partial charge in [0.2, 0.25) is 10.0 Å². The van der Waals surface area contributed by atoms with Crippen LogP contribution in [0, 0.1) is 0 Å². The Balaban J connectivity index is 1.63. The maximum Gasteiger partial charge on any atom is 0.260 e. The average Bonchev–Trinajstić information content (AvgIpc) is 3.47. The van der Waals surface area contributed by atoms with Gasteiger partial charge in [-0.2, -0.15) is 0 Å². The van der Waals surface area contributed by atoms with E-state index >= 15 is 0 Å². The molecule has 0 spiro atoms. The number of piperidine rings is 1. The highest BCUT2D eigenvalue weighted by atomic mass is 32.2. The molecule has 1 saturated carbocycles. The first-order chi connectivity index (χ1) is 14.3. The minimum absolute atomic E-state index is 0.253. The van der Waals surface area contributed by atoms with Gasteiger partial charge in [0.05, 0.1) is 12.3 Å². The molecule has 2 unspecified atom stereocenters. The van der Waals surface area contributed by atoms with Gasteiger partial charge in [-0.15, -0.1) is 0 Å². The molecule has 7 heteroatoms. The van der Waals surface area contributed by atoms with E-state index in [1.54, 1.807) is 4.90 Å². The maximum atomic E-state index is 14.6. The molecule has 1 saturated heterocycles. The van der Waals surface area contributed by atoms with Gasteiger partial charge in [-0.3, -0.25) is 4.79 Å². The fourth-order valence-electron chi connectivity index (χ4n) is 4.30. The molecule has 2 aromatic carbocycles. The predicted octanol–water partition coefficient (Wildman–Crippen LogP) is 3.31. The summed E-state index contributed by atoms with van der Waals surface area (Å²) in [5.41, 5.74) is 1.36. The molecule has 1 N–H and O–H groups in total. The molecule has 4 rings (SSSR count). The van der Waals surface area contributed by atoms with Crippen molar-refractivity contribution in [3.63, 3.8) is 0 Å². The third-order valence-electron chi connectivity index (χ3n) is 5.96. The number of carbonyl (C=O) groups excluding carboxylic acids is 1. The number of nitrogens with zero attached hydrogens (tertiary/aromatic N) is 1. The number of alkyl halides is 1. The van der Waals surface area contributed by atoms with E-state index < -0.39 is 33.7 Å². The Morgan fingerprint density at radius 2 is 1.83 bits per heavy atom. The molecule has 1 aliphatic heterocycles. The number of hydrogen-bond acceptors (Lipinski definition) is 3. The van der Waals surface area contributed by atoms with Crippen LogP contribution >= 0.6 is 0 Å². The Morgan fingerprint density at radius 3 is 2.50 bits per heavy atom. The van der Waals surface area contributed by atoms with Crippen LogP contribution in [0.2, 0.25) is 0 Å². The highest BCUT2D eigenvalue weighted by Gasteiger charge is 2.54. The Bertz CT molecular complexity index is 1020. The Morgan fingerprint density at radius 1 is 1.13 bits per heavy atom. The number of hydrogen-bond donors (Lipinski definition) is 1. The second kappa shape index (κ2) is 8.12. The number of halogens is 1. The largest absolute Gasteiger partial charge is 0.335 e. The smallest absolute Gasteiger partial charge is 0.260 e. The molecule has 2 fully saturated rings. The quantitative estimate of drug-likeness (QED) is 0.765. The highest BCUT2D eigenvalue weighted by molar-refractivity contribution is 7.88. The van der Waals surface area contributed by atoms with Crippen molar-refractivity contribution in [1.29, 1.82) is 0 Å². The number of benzene rings is 2. The monoisotopic (exact) mass is 430 g/mol. The number of nitrogens with one attached hydrogen (secondary N) is 1. The molecule has 1 amide bonds. The van der Waals surface area contributed by atoms with Crippen molar-refractivity contribution in [2.75, 3.05) is 12.8 Å². The Hall–Kier alpha value is -2.25. The van der Waals surface area contributed by atoms with Crippen LogP contribution in [0.4, 0.5) is 4.39 Å². The predicted molar refractivity (Wildman–Crippen MR) is 115 cm³/mol. The van der Waals surface area contributed by atoms with E-state index in [0.29, 0.717) is 25.8 Å². The van der Waals surface area contributed by atoms with Crippen LogP contribution in [0.1, 0.15) is 31.2 Å². The van der Waals surface area contributed by atoms with Gasteiger partial charge in [-0.25, -0.2) is 17.5 Å². The van der Waals surface area contributed by atoms with Crippen LogP contribution in [0.25, 0.3) is 11.1 Å². The number of rotatable bonds is 6. The minimum Gasteiger partial charge on any atom is -0.335 e. The Labute approximate surface area is 177 Å². The summed E-state index contributed by atoms with van der Waals surface area (Å²) >= 11 is 0. The van der Waals surface area contributed by atoms with Crippen LogP contribution in [-0.2, 0) is 21.2 Å². The first kappa shape index (κ1) is 21.0. The van der Waals surface area contributed by atoms with E-state index in [9.17, 15) is 17.6 Å². The SMILES string of the molecule is CS(=O)(=O)NC1CCCN(C(=O)C2(F)CC2)C1Cc1cccc(-c2ccccc2)c1. The molecule has 2 aromatic rings. The lowest BCUT2D eigenvalue weighted by Gasteiger charge is -2.42. The lowest BCUT2D eigenvalue weighted by molar-refractivity contribution is -0.142. The average molecular weight is 431 g/mol. The number of sulfonamides is 1. The van der Waals surface area contributed by atoms with Crippen LogP contribution in [-0.4, -0.2) is 49.8 Å². The van der Waals surface area contributed by atoms with Crippen LogP contribution in [0.15, 0.2) is 54.6 Å². The summed E-state index contributed by atoms with van der Waals surface area (Å²) in [6, 6.07) is 17.2. The first-order valence-electron chi connectivity index (χ1n) is 10.4. The van der Waals surface area contributed by atoms with Gasteiger partial charge in [0, 0.05) is 12.6 Å². The fraction of sp³-hybridized carbons (Fsp3) is 0.435. The van der Waals surface area contributed by atoms with E-state index in [1.165, 1.54) is 0 Å². The van der Waals surface area contributed by atoms with Crippen LogP contribution < -0.4 is 4.72 Å². The van der Waals surface area contributed by atoms with Crippen molar-refractivity contribution in [3.05, 3.63) is 60.2 Å². The van der Waals surface area contributed by atoms with Gasteiger partial charge in [0.15, 0.2) is 5.67 Å². The van der Waals surface area contributed by atoms with Gasteiger partial charge in [-0.05, 0) is 48.8 Å². The molecule has 0 aromatic heterocycles. The summed E-state index contributed by atoms with van der Waals surface area (Å²) < 4.78 is 41.2. The molecule has 160 valence electrons. The van der Waals surface area contributed by atoms with Crippen LogP contribution in [0.3, 0.4) is 0 Å². The van der Waals surface area contributed by atoms with Crippen LogP contribution in [0.5, 0.6) is 0 Å². The number of likely N-dealkylation sites (tertiary alicyclic amines) is 1. The summed E-state index contributed by atoms with van der Waals surface area (Å²) in [6.45, 7) is 0.454. The molecule has 0 bridgehead atoms. The van der Waals surface area contributed by atoms with E-state index in [0.717, 1.165) is 22.9 Å². The Kier molecular flexibility index (Phi) is 5.68. The zero-order chi connectivity index (χ0) is 21.4. The lowest BCUT2D eigenvalue weighted by Crippen LogP contribution is -2.59. The van der Waals surface area contributed by atoms with Crippen molar-refractivity contribution in [2.24, 2.45) is 0 Å². The highest BCUT2D eigenvalue weighted by Crippen LogP contribution is 2.42. The lowest BCUT2D eigenvalue weighted by atomic mass is 9.90. The summed E-state index contributed by atoms with van der Waals surface area (Å²) in [6.07, 6.45) is 3.37. The van der Waals surface area contributed by atoms with E-state index in [1.807, 2.05) is 48.5 Å². The fourth-order valence-corrected chi connectivity index (χ4v) is 5.13. The standard InChI is InChI=1S/C23H27FN2O3S/c1-30(28,29)25-20-11-6-14-26(22(27)23(24)12-13-23)21(20)16-17-7-5-10-19(15-17)18-8-3-2-4-9-18/h2-5,7-10,15,20-21,25H,6,11-14,16H2,1H3.